The summed E-state index contributed by atoms with van der Waals surface area (Å²) in [6.07, 6.45) is 3.88. The number of aryl methyl sites for hydroxylation is 1. The minimum Gasteiger partial charge on any atom is -0.357 e. The number of imidazole rings is 1. The molecule has 192 valence electrons. The molecule has 2 aromatic carbocycles. The molecule has 0 unspecified atom stereocenters. The number of aromatic nitrogens is 3. The van der Waals surface area contributed by atoms with Gasteiger partial charge >= 0.3 is 0 Å². The number of hydrogen-bond acceptors (Lipinski definition) is 4. The third-order valence-electron chi connectivity index (χ3n) is 6.81. The number of nitrogens with zero attached hydrogens (tertiary/aromatic N) is 3. The van der Waals surface area contributed by atoms with E-state index < -0.39 is 0 Å². The number of anilines is 1. The van der Waals surface area contributed by atoms with Gasteiger partial charge in [-0.15, -0.1) is 0 Å². The second-order valence-corrected chi connectivity index (χ2v) is 9.39. The zero-order valence-electron chi connectivity index (χ0n) is 21.2. The van der Waals surface area contributed by atoms with Crippen molar-refractivity contribution < 1.29 is 14.4 Å². The van der Waals surface area contributed by atoms with Gasteiger partial charge in [0, 0.05) is 37.8 Å². The van der Waals surface area contributed by atoms with Crippen LogP contribution >= 0.6 is 0 Å². The smallest absolute Gasteiger partial charge is 0.276 e. The fraction of sp³-hybridized carbons (Fsp3) is 0.200. The molecule has 0 bridgehead atoms. The lowest BCUT2D eigenvalue weighted by molar-refractivity contribution is -0.114. The van der Waals surface area contributed by atoms with Crippen molar-refractivity contribution in [2.75, 3.05) is 11.9 Å². The number of amides is 2. The van der Waals surface area contributed by atoms with E-state index in [0.29, 0.717) is 42.3 Å². The van der Waals surface area contributed by atoms with Crippen molar-refractivity contribution in [2.24, 2.45) is 0 Å². The highest BCUT2D eigenvalue weighted by Gasteiger charge is 2.30. The largest absolute Gasteiger partial charge is 0.357 e. The van der Waals surface area contributed by atoms with Crippen LogP contribution in [-0.2, 0) is 30.7 Å². The van der Waals surface area contributed by atoms with Gasteiger partial charge in [-0.3, -0.25) is 14.4 Å². The van der Waals surface area contributed by atoms with Crippen LogP contribution in [0, 0.1) is 6.92 Å². The molecule has 0 fully saturated rings. The predicted octanol–water partition coefficient (Wildman–Crippen LogP) is 4.32. The molecule has 3 heterocycles. The lowest BCUT2D eigenvalue weighted by Gasteiger charge is -2.29. The van der Waals surface area contributed by atoms with E-state index in [9.17, 15) is 14.4 Å². The molecule has 0 aliphatic carbocycles. The SMILES string of the molecule is C=CC(=O)Cc1ccc(NC(=O)c2nc(Cc3ccccc3)n3c2CN(C(=O)c2ccc[nH]2)CC3)cc1C. The monoisotopic (exact) mass is 507 g/mol. The number of nitrogens with one attached hydrogen (secondary N) is 2. The lowest BCUT2D eigenvalue weighted by atomic mass is 10.0. The van der Waals surface area contributed by atoms with Crippen LogP contribution in [0.5, 0.6) is 0 Å². The standard InChI is InChI=1S/C30H29N5O3/c1-3-24(36)18-22-11-12-23(16-20(22)2)32-29(37)28-26-19-34(30(38)25-10-7-13-31-25)14-15-35(26)27(33-28)17-21-8-5-4-6-9-21/h3-13,16,31H,1,14-15,17-19H2,2H3,(H,32,37). The summed E-state index contributed by atoms with van der Waals surface area (Å²) in [6.45, 7) is 6.79. The van der Waals surface area contributed by atoms with Gasteiger partial charge in [0.15, 0.2) is 11.5 Å². The van der Waals surface area contributed by atoms with E-state index in [0.717, 1.165) is 22.5 Å². The number of aromatic amines is 1. The molecule has 0 saturated heterocycles. The maximum Gasteiger partial charge on any atom is 0.276 e. The molecular formula is C30H29N5O3. The summed E-state index contributed by atoms with van der Waals surface area (Å²) in [7, 11) is 0. The number of carbonyl (C=O) groups is 3. The maximum atomic E-state index is 13.5. The van der Waals surface area contributed by atoms with Gasteiger partial charge in [0.05, 0.1) is 12.2 Å². The number of fused-ring (bicyclic) bond motifs is 1. The molecule has 1 aliphatic heterocycles. The zero-order chi connectivity index (χ0) is 26.6. The van der Waals surface area contributed by atoms with Crippen molar-refractivity contribution in [2.45, 2.75) is 32.9 Å². The van der Waals surface area contributed by atoms with Crippen LogP contribution < -0.4 is 5.32 Å². The van der Waals surface area contributed by atoms with E-state index in [1.807, 2.05) is 49.4 Å². The van der Waals surface area contributed by atoms with Crippen LogP contribution in [-0.4, -0.2) is 43.6 Å². The summed E-state index contributed by atoms with van der Waals surface area (Å²) in [6, 6.07) is 19.0. The molecule has 38 heavy (non-hydrogen) atoms. The molecule has 2 aromatic heterocycles. The van der Waals surface area contributed by atoms with E-state index in [4.69, 9.17) is 4.98 Å². The van der Waals surface area contributed by atoms with E-state index in [1.165, 1.54) is 6.08 Å². The van der Waals surface area contributed by atoms with Gasteiger partial charge in [-0.05, 0) is 54.0 Å². The first-order valence-corrected chi connectivity index (χ1v) is 12.5. The third kappa shape index (κ3) is 5.20. The lowest BCUT2D eigenvalue weighted by Crippen LogP contribution is -2.39. The van der Waals surface area contributed by atoms with Crippen molar-refractivity contribution in [3.05, 3.63) is 119 Å². The molecular weight excluding hydrogens is 478 g/mol. The molecule has 0 spiro atoms. The van der Waals surface area contributed by atoms with E-state index in [-0.39, 0.29) is 30.6 Å². The summed E-state index contributed by atoms with van der Waals surface area (Å²) < 4.78 is 2.07. The Hall–Kier alpha value is -4.72. The second-order valence-electron chi connectivity index (χ2n) is 9.39. The molecule has 0 saturated carbocycles. The highest BCUT2D eigenvalue weighted by atomic mass is 16.2. The van der Waals surface area contributed by atoms with Crippen LogP contribution in [0.2, 0.25) is 0 Å². The van der Waals surface area contributed by atoms with E-state index in [2.05, 4.69) is 21.4 Å². The Morgan fingerprint density at radius 1 is 1.08 bits per heavy atom. The van der Waals surface area contributed by atoms with Crippen LogP contribution in [0.3, 0.4) is 0 Å². The van der Waals surface area contributed by atoms with Crippen molar-refractivity contribution in [3.8, 4) is 0 Å². The van der Waals surface area contributed by atoms with Crippen molar-refractivity contribution >= 4 is 23.3 Å². The number of carbonyl (C=O) groups excluding carboxylic acids is 3. The van der Waals surface area contributed by atoms with Gasteiger partial charge in [0.2, 0.25) is 0 Å². The number of allylic oxidation sites excluding steroid dienone is 1. The van der Waals surface area contributed by atoms with Crippen molar-refractivity contribution in [1.82, 2.24) is 19.4 Å². The number of benzene rings is 2. The quantitative estimate of drug-likeness (QED) is 0.347. The Kier molecular flexibility index (Phi) is 7.04. The Labute approximate surface area is 221 Å². The first-order valence-electron chi connectivity index (χ1n) is 12.5. The normalized spacial score (nSPS) is 12.6. The van der Waals surface area contributed by atoms with Gasteiger partial charge in [-0.25, -0.2) is 4.98 Å². The number of H-pyrrole nitrogens is 1. The highest BCUT2D eigenvalue weighted by molar-refractivity contribution is 6.04. The zero-order valence-corrected chi connectivity index (χ0v) is 21.2. The van der Waals surface area contributed by atoms with Gasteiger partial charge in [0.1, 0.15) is 11.5 Å². The molecule has 8 heteroatoms. The van der Waals surface area contributed by atoms with Crippen molar-refractivity contribution in [1.29, 1.82) is 0 Å². The maximum absolute atomic E-state index is 13.5. The Balaban J connectivity index is 1.43. The first-order chi connectivity index (χ1) is 18.4. The average Bonchev–Trinajstić information content (AvgIpc) is 3.59. The van der Waals surface area contributed by atoms with Crippen LogP contribution in [0.1, 0.15) is 49.2 Å². The minimum atomic E-state index is -0.337. The summed E-state index contributed by atoms with van der Waals surface area (Å²) in [5, 5.41) is 2.96. The highest BCUT2D eigenvalue weighted by Crippen LogP contribution is 2.24. The van der Waals surface area contributed by atoms with Crippen LogP contribution in [0.4, 0.5) is 5.69 Å². The molecule has 1 aliphatic rings. The average molecular weight is 508 g/mol. The molecule has 4 aromatic rings. The van der Waals surface area contributed by atoms with E-state index >= 15 is 0 Å². The van der Waals surface area contributed by atoms with Crippen LogP contribution in [0.15, 0.2) is 79.5 Å². The minimum absolute atomic E-state index is 0.0566. The van der Waals surface area contributed by atoms with Gasteiger partial charge < -0.3 is 19.8 Å². The topological polar surface area (TPSA) is 100 Å². The molecule has 8 nitrogen and oxygen atoms in total. The summed E-state index contributed by atoms with van der Waals surface area (Å²) in [4.78, 5) is 47.8. The van der Waals surface area contributed by atoms with Crippen LogP contribution in [0.25, 0.3) is 0 Å². The molecule has 0 radical (unpaired) electrons. The Morgan fingerprint density at radius 2 is 1.89 bits per heavy atom. The van der Waals surface area contributed by atoms with Gasteiger partial charge in [-0.2, -0.15) is 0 Å². The molecule has 5 rings (SSSR count). The number of ketones is 1. The fourth-order valence-electron chi connectivity index (χ4n) is 4.77. The van der Waals surface area contributed by atoms with Crippen molar-refractivity contribution in [3.63, 3.8) is 0 Å². The first kappa shape index (κ1) is 25.0. The summed E-state index contributed by atoms with van der Waals surface area (Å²) >= 11 is 0. The number of rotatable bonds is 8. The third-order valence-corrected chi connectivity index (χ3v) is 6.81. The molecule has 2 N–H and O–H groups in total. The Bertz CT molecular complexity index is 1500. The fourth-order valence-corrected chi connectivity index (χ4v) is 4.77. The summed E-state index contributed by atoms with van der Waals surface area (Å²) in [5.74, 6) is 0.284. The van der Waals surface area contributed by atoms with Gasteiger partial charge in [0.25, 0.3) is 11.8 Å². The predicted molar refractivity (Wildman–Crippen MR) is 145 cm³/mol. The number of hydrogen-bond donors (Lipinski definition) is 2. The molecule has 2 amide bonds. The van der Waals surface area contributed by atoms with E-state index in [1.54, 1.807) is 29.3 Å². The van der Waals surface area contributed by atoms with Gasteiger partial charge in [-0.1, -0.05) is 43.0 Å². The second kappa shape index (κ2) is 10.7. The molecule has 0 atom stereocenters. The summed E-state index contributed by atoms with van der Waals surface area (Å²) in [5.41, 5.74) is 5.03. The Morgan fingerprint density at radius 3 is 2.61 bits per heavy atom.